The molecular formula is C12H12N2O5S. The predicted octanol–water partition coefficient (Wildman–Crippen LogP) is 1.01. The minimum Gasteiger partial charge on any atom is -0.466 e. The van der Waals surface area contributed by atoms with Crippen molar-refractivity contribution in [3.63, 3.8) is 0 Å². The average molecular weight is 296 g/mol. The number of sulfone groups is 1. The van der Waals surface area contributed by atoms with Crippen molar-refractivity contribution in [2.75, 3.05) is 6.61 Å². The molecule has 0 amide bonds. The first kappa shape index (κ1) is 14.2. The predicted molar refractivity (Wildman–Crippen MR) is 66.5 cm³/mol. The van der Waals surface area contributed by atoms with E-state index in [0.29, 0.717) is 0 Å². The maximum absolute atomic E-state index is 12.3. The number of benzene rings is 1. The van der Waals surface area contributed by atoms with Crippen LogP contribution >= 0.6 is 0 Å². The van der Waals surface area contributed by atoms with Crippen molar-refractivity contribution >= 4 is 15.8 Å². The normalized spacial score (nSPS) is 11.2. The highest BCUT2D eigenvalue weighted by Crippen LogP contribution is 2.21. The molecule has 1 aromatic carbocycles. The zero-order chi connectivity index (χ0) is 14.6. The van der Waals surface area contributed by atoms with Gasteiger partial charge in [-0.2, -0.15) is 0 Å². The Labute approximate surface area is 115 Å². The van der Waals surface area contributed by atoms with Crippen molar-refractivity contribution in [3.05, 3.63) is 36.0 Å². The van der Waals surface area contributed by atoms with E-state index in [0.717, 1.165) is 0 Å². The van der Waals surface area contributed by atoms with Crippen LogP contribution in [-0.2, 0) is 25.8 Å². The highest BCUT2D eigenvalue weighted by Gasteiger charge is 2.28. The molecular weight excluding hydrogens is 284 g/mol. The Balaban J connectivity index is 2.35. The Morgan fingerprint density at radius 2 is 1.95 bits per heavy atom. The number of esters is 1. The van der Waals surface area contributed by atoms with E-state index in [1.165, 1.54) is 12.1 Å². The molecule has 0 aliphatic heterocycles. The highest BCUT2D eigenvalue weighted by atomic mass is 32.2. The van der Waals surface area contributed by atoms with E-state index < -0.39 is 15.8 Å². The fraction of sp³-hybridized carbons (Fsp3) is 0.250. The zero-order valence-electron chi connectivity index (χ0n) is 10.6. The molecule has 1 aromatic heterocycles. The van der Waals surface area contributed by atoms with Crippen LogP contribution in [0.4, 0.5) is 0 Å². The summed E-state index contributed by atoms with van der Waals surface area (Å²) in [5, 5.41) is 6.50. The molecule has 0 saturated heterocycles. The molecule has 0 fully saturated rings. The van der Waals surface area contributed by atoms with Gasteiger partial charge < -0.3 is 4.74 Å². The van der Waals surface area contributed by atoms with E-state index in [1.54, 1.807) is 25.1 Å². The van der Waals surface area contributed by atoms with Crippen molar-refractivity contribution < 1.29 is 22.6 Å². The summed E-state index contributed by atoms with van der Waals surface area (Å²) in [5.74, 6) is -0.590. The monoisotopic (exact) mass is 296 g/mol. The summed E-state index contributed by atoms with van der Waals surface area (Å²) < 4.78 is 33.9. The number of rotatable bonds is 5. The SMILES string of the molecule is CCOC(=O)Cc1nonc1S(=O)(=O)c1ccccc1. The van der Waals surface area contributed by atoms with Gasteiger partial charge in [0.1, 0.15) is 5.69 Å². The van der Waals surface area contributed by atoms with Gasteiger partial charge in [0.05, 0.1) is 17.9 Å². The molecule has 2 aromatic rings. The number of hydrogen-bond acceptors (Lipinski definition) is 7. The molecule has 2 rings (SSSR count). The minimum absolute atomic E-state index is 0.0563. The maximum atomic E-state index is 12.3. The van der Waals surface area contributed by atoms with Crippen LogP contribution in [0.2, 0.25) is 0 Å². The van der Waals surface area contributed by atoms with Gasteiger partial charge in [-0.25, -0.2) is 13.0 Å². The third-order valence-electron chi connectivity index (χ3n) is 2.45. The number of ether oxygens (including phenoxy) is 1. The van der Waals surface area contributed by atoms with Gasteiger partial charge in [0.2, 0.25) is 14.9 Å². The standard InChI is InChI=1S/C12H12N2O5S/c1-2-18-11(15)8-10-12(14-19-13-10)20(16,17)9-6-4-3-5-7-9/h3-7H,2,8H2,1H3. The first-order valence-electron chi connectivity index (χ1n) is 5.83. The van der Waals surface area contributed by atoms with E-state index >= 15 is 0 Å². The lowest BCUT2D eigenvalue weighted by atomic mass is 10.3. The second-order valence-electron chi connectivity index (χ2n) is 3.81. The second kappa shape index (κ2) is 5.83. The van der Waals surface area contributed by atoms with Gasteiger partial charge in [0, 0.05) is 0 Å². The van der Waals surface area contributed by atoms with Crippen LogP contribution in [0, 0.1) is 0 Å². The molecule has 0 radical (unpaired) electrons. The first-order chi connectivity index (χ1) is 9.55. The fourth-order valence-corrected chi connectivity index (χ4v) is 2.86. The number of carbonyl (C=O) groups is 1. The van der Waals surface area contributed by atoms with Gasteiger partial charge in [0.15, 0.2) is 0 Å². The molecule has 0 spiro atoms. The molecule has 0 unspecified atom stereocenters. The summed E-state index contributed by atoms with van der Waals surface area (Å²) in [6.45, 7) is 1.85. The third kappa shape index (κ3) is 2.85. The molecule has 7 nitrogen and oxygen atoms in total. The molecule has 0 saturated carbocycles. The smallest absolute Gasteiger partial charge is 0.312 e. The Bertz CT molecular complexity index is 694. The van der Waals surface area contributed by atoms with Gasteiger partial charge in [0.25, 0.3) is 0 Å². The quantitative estimate of drug-likeness (QED) is 0.759. The molecule has 1 heterocycles. The Morgan fingerprint density at radius 1 is 1.25 bits per heavy atom. The maximum Gasteiger partial charge on any atom is 0.312 e. The lowest BCUT2D eigenvalue weighted by molar-refractivity contribution is -0.142. The van der Waals surface area contributed by atoms with Gasteiger partial charge in [-0.1, -0.05) is 23.4 Å². The number of aromatic nitrogens is 2. The molecule has 0 aliphatic rings. The second-order valence-corrected chi connectivity index (χ2v) is 5.68. The first-order valence-corrected chi connectivity index (χ1v) is 7.31. The highest BCUT2D eigenvalue weighted by molar-refractivity contribution is 7.91. The minimum atomic E-state index is -3.86. The fourth-order valence-electron chi connectivity index (χ4n) is 1.57. The molecule has 106 valence electrons. The summed E-state index contributed by atoms with van der Waals surface area (Å²) >= 11 is 0. The number of hydrogen-bond donors (Lipinski definition) is 0. The van der Waals surface area contributed by atoms with Gasteiger partial charge >= 0.3 is 5.97 Å². The number of nitrogens with zero attached hydrogens (tertiary/aromatic N) is 2. The third-order valence-corrected chi connectivity index (χ3v) is 4.16. The van der Waals surface area contributed by atoms with Crippen LogP contribution in [-0.4, -0.2) is 31.3 Å². The van der Waals surface area contributed by atoms with E-state index in [-0.39, 0.29) is 28.6 Å². The Hall–Kier alpha value is -2.22. The molecule has 8 heteroatoms. The zero-order valence-corrected chi connectivity index (χ0v) is 11.5. The van der Waals surface area contributed by atoms with E-state index in [2.05, 4.69) is 14.9 Å². The molecule has 20 heavy (non-hydrogen) atoms. The lowest BCUT2D eigenvalue weighted by Crippen LogP contribution is -2.12. The van der Waals surface area contributed by atoms with Crippen LogP contribution in [0.3, 0.4) is 0 Å². The van der Waals surface area contributed by atoms with Gasteiger partial charge in [-0.3, -0.25) is 4.79 Å². The van der Waals surface area contributed by atoms with E-state index in [4.69, 9.17) is 4.74 Å². The summed E-state index contributed by atoms with van der Waals surface area (Å²) in [6.07, 6.45) is -0.307. The molecule has 0 bridgehead atoms. The van der Waals surface area contributed by atoms with Crippen molar-refractivity contribution in [3.8, 4) is 0 Å². The Kier molecular flexibility index (Phi) is 4.14. The van der Waals surface area contributed by atoms with Crippen LogP contribution in [0.25, 0.3) is 0 Å². The molecule has 0 aliphatic carbocycles. The van der Waals surface area contributed by atoms with E-state index in [1.807, 2.05) is 0 Å². The summed E-state index contributed by atoms with van der Waals surface area (Å²) in [7, 11) is -3.86. The summed E-state index contributed by atoms with van der Waals surface area (Å²) in [5.41, 5.74) is -0.0627. The van der Waals surface area contributed by atoms with Crippen LogP contribution in [0.15, 0.2) is 44.9 Å². The molecule has 0 N–H and O–H groups in total. The van der Waals surface area contributed by atoms with E-state index in [9.17, 15) is 13.2 Å². The average Bonchev–Trinajstić information content (AvgIpc) is 2.89. The Morgan fingerprint density at radius 3 is 2.60 bits per heavy atom. The molecule has 0 atom stereocenters. The summed E-state index contributed by atoms with van der Waals surface area (Å²) in [4.78, 5) is 11.5. The van der Waals surface area contributed by atoms with Gasteiger partial charge in [-0.15, -0.1) is 0 Å². The topological polar surface area (TPSA) is 99.4 Å². The van der Waals surface area contributed by atoms with Crippen molar-refractivity contribution in [1.82, 2.24) is 10.3 Å². The lowest BCUT2D eigenvalue weighted by Gasteiger charge is -2.02. The van der Waals surface area contributed by atoms with Crippen LogP contribution < -0.4 is 0 Å². The van der Waals surface area contributed by atoms with Crippen LogP contribution in [0.1, 0.15) is 12.6 Å². The summed E-state index contributed by atoms with van der Waals surface area (Å²) in [6, 6.07) is 7.73. The van der Waals surface area contributed by atoms with Crippen LogP contribution in [0.5, 0.6) is 0 Å². The number of carbonyl (C=O) groups excluding carboxylic acids is 1. The van der Waals surface area contributed by atoms with Crippen molar-refractivity contribution in [2.24, 2.45) is 0 Å². The van der Waals surface area contributed by atoms with Crippen molar-refractivity contribution in [1.29, 1.82) is 0 Å². The van der Waals surface area contributed by atoms with Gasteiger partial charge in [-0.05, 0) is 24.2 Å². The largest absolute Gasteiger partial charge is 0.466 e. The van der Waals surface area contributed by atoms with Crippen molar-refractivity contribution in [2.45, 2.75) is 23.3 Å².